The van der Waals surface area contributed by atoms with Crippen molar-refractivity contribution in [1.29, 1.82) is 0 Å². The molecular formula is C25H30N2O5. The minimum atomic E-state index is -0.685. The van der Waals surface area contributed by atoms with E-state index in [0.717, 1.165) is 12.1 Å². The molecule has 1 aliphatic rings. The number of ether oxygens (including phenoxy) is 2. The van der Waals surface area contributed by atoms with E-state index in [4.69, 9.17) is 9.47 Å². The number of amides is 1. The van der Waals surface area contributed by atoms with Crippen molar-refractivity contribution >= 4 is 17.4 Å². The van der Waals surface area contributed by atoms with Gasteiger partial charge >= 0.3 is 0 Å². The zero-order valence-electron chi connectivity index (χ0n) is 19.0. The van der Waals surface area contributed by atoms with Gasteiger partial charge in [-0.3, -0.25) is 9.59 Å². The maximum atomic E-state index is 13.1. The number of nitrogens with zero attached hydrogens (tertiary/aromatic N) is 2. The Balaban J connectivity index is 2.08. The quantitative estimate of drug-likeness (QED) is 0.367. The van der Waals surface area contributed by atoms with Gasteiger partial charge < -0.3 is 24.4 Å². The van der Waals surface area contributed by atoms with Crippen LogP contribution in [0.2, 0.25) is 0 Å². The number of methoxy groups -OCH3 is 1. The lowest BCUT2D eigenvalue weighted by Crippen LogP contribution is -2.32. The van der Waals surface area contributed by atoms with Gasteiger partial charge in [0.25, 0.3) is 11.7 Å². The number of carbonyl (C=O) groups is 2. The molecule has 1 saturated heterocycles. The van der Waals surface area contributed by atoms with Gasteiger partial charge in [-0.2, -0.15) is 0 Å². The number of likely N-dealkylation sites (tertiary alicyclic amines) is 1. The van der Waals surface area contributed by atoms with Gasteiger partial charge in [0, 0.05) is 12.1 Å². The number of hydrogen-bond acceptors (Lipinski definition) is 6. The third kappa shape index (κ3) is 4.94. The summed E-state index contributed by atoms with van der Waals surface area (Å²) in [5, 5.41) is 11.2. The first-order chi connectivity index (χ1) is 15.4. The molecule has 7 heteroatoms. The maximum absolute atomic E-state index is 13.1. The molecule has 0 bridgehead atoms. The number of Topliss-reactive ketones (excluding diaryl/α,β-unsaturated/α-hetero) is 1. The molecule has 1 heterocycles. The van der Waals surface area contributed by atoms with Crippen molar-refractivity contribution in [2.45, 2.75) is 19.4 Å². The van der Waals surface area contributed by atoms with E-state index in [1.165, 1.54) is 0 Å². The normalized spacial score (nSPS) is 17.8. The minimum Gasteiger partial charge on any atom is -0.507 e. The van der Waals surface area contributed by atoms with Crippen LogP contribution in [0.1, 0.15) is 30.5 Å². The van der Waals surface area contributed by atoms with Crippen molar-refractivity contribution in [2.75, 3.05) is 40.9 Å². The molecule has 1 amide bonds. The molecule has 1 N–H and O–H groups in total. The number of aliphatic hydroxyl groups is 1. The highest BCUT2D eigenvalue weighted by Gasteiger charge is 2.45. The first-order valence-electron chi connectivity index (χ1n) is 10.7. The highest BCUT2D eigenvalue weighted by molar-refractivity contribution is 6.46. The van der Waals surface area contributed by atoms with Crippen LogP contribution in [0.15, 0.2) is 54.1 Å². The van der Waals surface area contributed by atoms with Gasteiger partial charge in [0.05, 0.1) is 25.3 Å². The second-order valence-electron chi connectivity index (χ2n) is 7.88. The van der Waals surface area contributed by atoms with Crippen LogP contribution in [0, 0.1) is 0 Å². The Hall–Kier alpha value is -3.32. The SMILES string of the molecule is CCOc1cccc(/C(O)=C2/C(=O)C(=O)N(CCCN(C)C)C2c2ccc(OC)cc2)c1. The molecule has 1 fully saturated rings. The van der Waals surface area contributed by atoms with Gasteiger partial charge in [0.15, 0.2) is 0 Å². The van der Waals surface area contributed by atoms with Gasteiger partial charge in [-0.05, 0) is 63.8 Å². The molecule has 3 rings (SSSR count). The van der Waals surface area contributed by atoms with Crippen LogP contribution in [0.5, 0.6) is 11.5 Å². The van der Waals surface area contributed by atoms with Crippen LogP contribution in [-0.4, -0.2) is 67.5 Å². The second kappa shape index (κ2) is 10.3. The maximum Gasteiger partial charge on any atom is 0.295 e. The number of rotatable bonds is 9. The summed E-state index contributed by atoms with van der Waals surface area (Å²) < 4.78 is 10.8. The van der Waals surface area contributed by atoms with Gasteiger partial charge in [0.2, 0.25) is 0 Å². The summed E-state index contributed by atoms with van der Waals surface area (Å²) in [5.74, 6) is -0.247. The van der Waals surface area contributed by atoms with E-state index in [1.807, 2.05) is 38.1 Å². The van der Waals surface area contributed by atoms with E-state index in [9.17, 15) is 14.7 Å². The number of carbonyl (C=O) groups excluding carboxylic acids is 2. The predicted octanol–water partition coefficient (Wildman–Crippen LogP) is 3.47. The molecule has 2 aromatic rings. The van der Waals surface area contributed by atoms with Crippen molar-refractivity contribution in [2.24, 2.45) is 0 Å². The zero-order chi connectivity index (χ0) is 23.3. The minimum absolute atomic E-state index is 0.0821. The van der Waals surface area contributed by atoms with Crippen molar-refractivity contribution in [1.82, 2.24) is 9.80 Å². The number of aliphatic hydroxyl groups excluding tert-OH is 1. The molecule has 0 radical (unpaired) electrons. The van der Waals surface area contributed by atoms with E-state index in [0.29, 0.717) is 36.6 Å². The van der Waals surface area contributed by atoms with E-state index in [1.54, 1.807) is 48.4 Å². The lowest BCUT2D eigenvalue weighted by Gasteiger charge is -2.26. The highest BCUT2D eigenvalue weighted by atomic mass is 16.5. The topological polar surface area (TPSA) is 79.3 Å². The Bertz CT molecular complexity index is 998. The van der Waals surface area contributed by atoms with Crippen LogP contribution in [0.25, 0.3) is 5.76 Å². The number of benzene rings is 2. The summed E-state index contributed by atoms with van der Waals surface area (Å²) in [6.07, 6.45) is 0.701. The average Bonchev–Trinajstić information content (AvgIpc) is 3.04. The lowest BCUT2D eigenvalue weighted by atomic mass is 9.95. The van der Waals surface area contributed by atoms with Gasteiger partial charge in [-0.1, -0.05) is 24.3 Å². The fourth-order valence-electron chi connectivity index (χ4n) is 3.86. The van der Waals surface area contributed by atoms with Crippen molar-refractivity contribution in [3.05, 3.63) is 65.2 Å². The number of ketones is 1. The molecule has 1 unspecified atom stereocenters. The molecule has 32 heavy (non-hydrogen) atoms. The van der Waals surface area contributed by atoms with Crippen LogP contribution in [0.4, 0.5) is 0 Å². The molecular weight excluding hydrogens is 408 g/mol. The average molecular weight is 439 g/mol. The Labute approximate surface area is 188 Å². The van der Waals surface area contributed by atoms with Crippen molar-refractivity contribution < 1.29 is 24.2 Å². The Morgan fingerprint density at radius 2 is 1.81 bits per heavy atom. The third-order valence-electron chi connectivity index (χ3n) is 5.39. The predicted molar refractivity (Wildman–Crippen MR) is 123 cm³/mol. The number of hydrogen-bond donors (Lipinski definition) is 1. The van der Waals surface area contributed by atoms with Crippen LogP contribution >= 0.6 is 0 Å². The summed E-state index contributed by atoms with van der Waals surface area (Å²) >= 11 is 0. The molecule has 2 aromatic carbocycles. The molecule has 0 saturated carbocycles. The molecule has 0 aliphatic carbocycles. The Morgan fingerprint density at radius 1 is 1.09 bits per heavy atom. The Kier molecular flexibility index (Phi) is 7.53. The fraction of sp³-hybridized carbons (Fsp3) is 0.360. The van der Waals surface area contributed by atoms with E-state index < -0.39 is 17.7 Å². The standard InChI is InChI=1S/C25H30N2O5/c1-5-32-20-9-6-8-18(16-20)23(28)21-22(17-10-12-19(31-4)13-11-17)27(25(30)24(21)29)15-7-14-26(2)3/h6,8-13,16,22,28H,5,7,14-15H2,1-4H3/b23-21-. The largest absolute Gasteiger partial charge is 0.507 e. The molecule has 1 atom stereocenters. The van der Waals surface area contributed by atoms with Crippen LogP contribution in [0.3, 0.4) is 0 Å². The monoisotopic (exact) mass is 438 g/mol. The van der Waals surface area contributed by atoms with Crippen molar-refractivity contribution in [3.63, 3.8) is 0 Å². The fourth-order valence-corrected chi connectivity index (χ4v) is 3.86. The van der Waals surface area contributed by atoms with Gasteiger partial charge in [-0.25, -0.2) is 0 Å². The first-order valence-corrected chi connectivity index (χ1v) is 10.7. The molecule has 1 aliphatic heterocycles. The molecule has 0 spiro atoms. The lowest BCUT2D eigenvalue weighted by molar-refractivity contribution is -0.139. The van der Waals surface area contributed by atoms with Crippen LogP contribution in [-0.2, 0) is 9.59 Å². The van der Waals surface area contributed by atoms with Crippen LogP contribution < -0.4 is 9.47 Å². The van der Waals surface area contributed by atoms with E-state index in [2.05, 4.69) is 0 Å². The third-order valence-corrected chi connectivity index (χ3v) is 5.39. The molecule has 7 nitrogen and oxygen atoms in total. The summed E-state index contributed by atoms with van der Waals surface area (Å²) in [6.45, 7) is 3.52. The first kappa shape index (κ1) is 23.3. The van der Waals surface area contributed by atoms with E-state index in [-0.39, 0.29) is 11.3 Å². The van der Waals surface area contributed by atoms with Gasteiger partial charge in [0.1, 0.15) is 17.3 Å². The van der Waals surface area contributed by atoms with Crippen molar-refractivity contribution in [3.8, 4) is 11.5 Å². The van der Waals surface area contributed by atoms with Gasteiger partial charge in [-0.15, -0.1) is 0 Å². The second-order valence-corrected chi connectivity index (χ2v) is 7.88. The smallest absolute Gasteiger partial charge is 0.295 e. The highest BCUT2D eigenvalue weighted by Crippen LogP contribution is 2.40. The zero-order valence-corrected chi connectivity index (χ0v) is 19.0. The molecule has 170 valence electrons. The summed E-state index contributed by atoms with van der Waals surface area (Å²) in [7, 11) is 5.49. The summed E-state index contributed by atoms with van der Waals surface area (Å²) in [4.78, 5) is 29.6. The summed E-state index contributed by atoms with van der Waals surface area (Å²) in [5.41, 5.74) is 1.25. The Morgan fingerprint density at radius 3 is 2.44 bits per heavy atom. The molecule has 0 aromatic heterocycles. The summed E-state index contributed by atoms with van der Waals surface area (Å²) in [6, 6.07) is 13.4. The van der Waals surface area contributed by atoms with E-state index >= 15 is 0 Å².